The first-order chi connectivity index (χ1) is 16.0. The van der Waals surface area contributed by atoms with Crippen molar-refractivity contribution < 1.29 is 40.1 Å². The zero-order valence-corrected chi connectivity index (χ0v) is 20.8. The molecule has 1 heterocycles. The van der Waals surface area contributed by atoms with Crippen molar-refractivity contribution in [3.05, 3.63) is 23.8 Å². The average molecular weight is 485 g/mol. The molecule has 2 aliphatic carbocycles. The highest BCUT2D eigenvalue weighted by Crippen LogP contribution is 2.61. The van der Waals surface area contributed by atoms with Gasteiger partial charge in [-0.3, -0.25) is 0 Å². The molecule has 0 aromatic heterocycles. The van der Waals surface area contributed by atoms with Crippen molar-refractivity contribution in [2.75, 3.05) is 19.8 Å². The molecule has 1 saturated heterocycles. The summed E-state index contributed by atoms with van der Waals surface area (Å²) in [4.78, 5) is 0. The molecule has 196 valence electrons. The summed E-state index contributed by atoms with van der Waals surface area (Å²) in [5, 5.41) is 60.0. The molecule has 2 saturated carbocycles. The van der Waals surface area contributed by atoms with Crippen molar-refractivity contribution in [3.8, 4) is 0 Å². The van der Waals surface area contributed by atoms with E-state index in [4.69, 9.17) is 9.47 Å². The van der Waals surface area contributed by atoms with Crippen molar-refractivity contribution in [3.63, 3.8) is 0 Å². The monoisotopic (exact) mass is 484 g/mol. The molecule has 0 bridgehead atoms. The molecule has 0 aromatic carbocycles. The number of fused-ring (bicyclic) bond motifs is 1. The lowest BCUT2D eigenvalue weighted by atomic mass is 9.46. The summed E-state index contributed by atoms with van der Waals surface area (Å²) in [6.45, 7) is 10.4. The number of hydrogen-bond donors (Lipinski definition) is 6. The van der Waals surface area contributed by atoms with Gasteiger partial charge in [-0.15, -0.1) is 0 Å². The fourth-order valence-electron chi connectivity index (χ4n) is 6.70. The van der Waals surface area contributed by atoms with Crippen LogP contribution in [0.1, 0.15) is 59.3 Å². The van der Waals surface area contributed by atoms with Crippen molar-refractivity contribution in [1.82, 2.24) is 0 Å². The van der Waals surface area contributed by atoms with Gasteiger partial charge < -0.3 is 40.1 Å². The molecule has 8 heteroatoms. The Morgan fingerprint density at radius 3 is 2.47 bits per heavy atom. The SMILES string of the molecule is C=C1CCC2[C@@](C)(CO)[C@H](O)CC[C@@]2(C)[C@@H]1CC/C(C)=C/COC1OC(CO)C(O)C(O)C1O. The normalized spacial score (nSPS) is 45.8. The highest BCUT2D eigenvalue weighted by Gasteiger charge is 2.57. The Labute approximate surface area is 202 Å². The summed E-state index contributed by atoms with van der Waals surface area (Å²) >= 11 is 0. The molecule has 3 aliphatic rings. The van der Waals surface area contributed by atoms with Crippen LogP contribution in [0.3, 0.4) is 0 Å². The summed E-state index contributed by atoms with van der Waals surface area (Å²) in [6, 6.07) is 0. The molecular weight excluding hydrogens is 440 g/mol. The van der Waals surface area contributed by atoms with Crippen LogP contribution in [0.4, 0.5) is 0 Å². The Morgan fingerprint density at radius 2 is 1.82 bits per heavy atom. The molecule has 3 fully saturated rings. The van der Waals surface area contributed by atoms with E-state index in [1.807, 2.05) is 19.9 Å². The molecule has 6 unspecified atom stereocenters. The van der Waals surface area contributed by atoms with Crippen molar-refractivity contribution >= 4 is 0 Å². The van der Waals surface area contributed by atoms with Crippen LogP contribution in [0.2, 0.25) is 0 Å². The van der Waals surface area contributed by atoms with Gasteiger partial charge in [-0.2, -0.15) is 0 Å². The molecule has 0 aromatic rings. The summed E-state index contributed by atoms with van der Waals surface area (Å²) in [5.74, 6) is 0.544. The predicted molar refractivity (Wildman–Crippen MR) is 127 cm³/mol. The first-order valence-electron chi connectivity index (χ1n) is 12.5. The molecule has 0 radical (unpaired) electrons. The lowest BCUT2D eigenvalue weighted by Gasteiger charge is -2.60. The lowest BCUT2D eigenvalue weighted by Crippen LogP contribution is -2.59. The molecule has 1 aliphatic heterocycles. The Morgan fingerprint density at radius 1 is 1.12 bits per heavy atom. The van der Waals surface area contributed by atoms with Gasteiger partial charge in [0.15, 0.2) is 6.29 Å². The Hall–Kier alpha value is -0.840. The number of aliphatic hydroxyl groups excluding tert-OH is 6. The number of aliphatic hydroxyl groups is 6. The number of ether oxygens (including phenoxy) is 2. The van der Waals surface area contributed by atoms with Crippen LogP contribution in [-0.4, -0.2) is 87.3 Å². The van der Waals surface area contributed by atoms with Crippen LogP contribution < -0.4 is 0 Å². The molecule has 8 nitrogen and oxygen atoms in total. The fourth-order valence-corrected chi connectivity index (χ4v) is 6.70. The van der Waals surface area contributed by atoms with E-state index in [-0.39, 0.29) is 24.5 Å². The minimum Gasteiger partial charge on any atom is -0.396 e. The van der Waals surface area contributed by atoms with Crippen LogP contribution >= 0.6 is 0 Å². The van der Waals surface area contributed by atoms with Gasteiger partial charge in [0.25, 0.3) is 0 Å². The van der Waals surface area contributed by atoms with Gasteiger partial charge in [0.05, 0.1) is 25.9 Å². The van der Waals surface area contributed by atoms with E-state index in [0.29, 0.717) is 12.3 Å². The second kappa shape index (κ2) is 11.0. The second-order valence-corrected chi connectivity index (χ2v) is 11.1. The van der Waals surface area contributed by atoms with E-state index >= 15 is 0 Å². The van der Waals surface area contributed by atoms with Crippen LogP contribution in [0.25, 0.3) is 0 Å². The first-order valence-corrected chi connectivity index (χ1v) is 12.5. The molecule has 6 N–H and O–H groups in total. The topological polar surface area (TPSA) is 140 Å². The van der Waals surface area contributed by atoms with Crippen molar-refractivity contribution in [2.24, 2.45) is 22.7 Å². The first kappa shape index (κ1) is 27.7. The fraction of sp³-hybridized carbons (Fsp3) is 0.846. The lowest BCUT2D eigenvalue weighted by molar-refractivity contribution is -0.298. The number of rotatable bonds is 8. The highest BCUT2D eigenvalue weighted by molar-refractivity contribution is 5.18. The van der Waals surface area contributed by atoms with Gasteiger partial charge in [0.1, 0.15) is 24.4 Å². The largest absolute Gasteiger partial charge is 0.396 e. The zero-order chi connectivity index (χ0) is 25.3. The average Bonchev–Trinajstić information content (AvgIpc) is 2.81. The second-order valence-electron chi connectivity index (χ2n) is 11.1. The van der Waals surface area contributed by atoms with E-state index in [1.165, 1.54) is 5.57 Å². The summed E-state index contributed by atoms with van der Waals surface area (Å²) < 4.78 is 11.0. The van der Waals surface area contributed by atoms with E-state index < -0.39 is 48.8 Å². The zero-order valence-electron chi connectivity index (χ0n) is 20.8. The third-order valence-corrected chi connectivity index (χ3v) is 9.06. The minimum absolute atomic E-state index is 0.0121. The third-order valence-electron chi connectivity index (χ3n) is 9.06. The maximum Gasteiger partial charge on any atom is 0.187 e. The van der Waals surface area contributed by atoms with E-state index in [9.17, 15) is 30.6 Å². The van der Waals surface area contributed by atoms with Crippen LogP contribution in [-0.2, 0) is 9.47 Å². The van der Waals surface area contributed by atoms with Crippen LogP contribution in [0.15, 0.2) is 23.8 Å². The molecule has 0 spiro atoms. The molecule has 34 heavy (non-hydrogen) atoms. The van der Waals surface area contributed by atoms with Gasteiger partial charge >= 0.3 is 0 Å². The summed E-state index contributed by atoms with van der Waals surface area (Å²) in [5.41, 5.74) is 1.86. The van der Waals surface area contributed by atoms with Gasteiger partial charge in [-0.05, 0) is 62.7 Å². The van der Waals surface area contributed by atoms with Crippen LogP contribution in [0.5, 0.6) is 0 Å². The quantitative estimate of drug-likeness (QED) is 0.283. The van der Waals surface area contributed by atoms with Gasteiger partial charge in [0, 0.05) is 5.41 Å². The Kier molecular flexibility index (Phi) is 9.02. The van der Waals surface area contributed by atoms with Crippen molar-refractivity contribution in [2.45, 2.75) is 96.1 Å². The van der Waals surface area contributed by atoms with Crippen molar-refractivity contribution in [1.29, 1.82) is 0 Å². The Balaban J connectivity index is 1.59. The molecule has 0 amide bonds. The Bertz CT molecular complexity index is 738. The van der Waals surface area contributed by atoms with Gasteiger partial charge in [0.2, 0.25) is 0 Å². The number of hydrogen-bond acceptors (Lipinski definition) is 8. The minimum atomic E-state index is -1.45. The number of allylic oxidation sites excluding steroid dienone is 2. The van der Waals surface area contributed by atoms with Crippen LogP contribution in [0, 0.1) is 22.7 Å². The summed E-state index contributed by atoms with van der Waals surface area (Å²) in [7, 11) is 0. The van der Waals surface area contributed by atoms with E-state index in [2.05, 4.69) is 13.5 Å². The molecular formula is C26H44O8. The standard InChI is InChI=1S/C26H44O8/c1-15(10-12-33-24-23(32)22(31)21(30)18(13-27)34-24)5-7-17-16(2)6-8-19-25(17,3)11-9-20(29)26(19,4)14-28/h10,17-24,27-32H,2,5-9,11-14H2,1,3-4H3/b15-10+/t17-,18?,19?,20-,21?,22?,23?,24?,25+,26-/m1/s1. The smallest absolute Gasteiger partial charge is 0.187 e. The van der Waals surface area contributed by atoms with Gasteiger partial charge in [-0.25, -0.2) is 0 Å². The molecule has 10 atom stereocenters. The van der Waals surface area contributed by atoms with E-state index in [1.54, 1.807) is 0 Å². The maximum atomic E-state index is 10.7. The maximum absolute atomic E-state index is 10.7. The highest BCUT2D eigenvalue weighted by atomic mass is 16.7. The molecule has 3 rings (SSSR count). The third kappa shape index (κ3) is 5.15. The predicted octanol–water partition coefficient (Wildman–Crippen LogP) is 1.27. The summed E-state index contributed by atoms with van der Waals surface area (Å²) in [6.07, 6.45) is 0.267. The van der Waals surface area contributed by atoms with E-state index in [0.717, 1.165) is 37.7 Å². The van der Waals surface area contributed by atoms with Gasteiger partial charge in [-0.1, -0.05) is 37.6 Å².